The van der Waals surface area contributed by atoms with Gasteiger partial charge in [0.1, 0.15) is 6.26 Å². The van der Waals surface area contributed by atoms with Crippen molar-refractivity contribution in [1.82, 2.24) is 10.3 Å². The van der Waals surface area contributed by atoms with E-state index in [0.29, 0.717) is 6.04 Å². The summed E-state index contributed by atoms with van der Waals surface area (Å²) in [5.74, 6) is 0. The molecule has 4 heteroatoms. The zero-order valence-corrected chi connectivity index (χ0v) is 11.4. The lowest BCUT2D eigenvalue weighted by Crippen LogP contribution is -2.22. The van der Waals surface area contributed by atoms with Crippen molar-refractivity contribution in [1.29, 1.82) is 0 Å². The van der Waals surface area contributed by atoms with Crippen molar-refractivity contribution in [2.75, 3.05) is 4.90 Å². The summed E-state index contributed by atoms with van der Waals surface area (Å²) in [6.45, 7) is 6.76. The van der Waals surface area contributed by atoms with Crippen LogP contribution in [0.25, 0.3) is 0 Å². The van der Waals surface area contributed by atoms with Gasteiger partial charge in [0.2, 0.25) is 0 Å². The third kappa shape index (κ3) is 2.63. The minimum absolute atomic E-state index is 0.455. The second-order valence-corrected chi connectivity index (χ2v) is 5.28. The largest absolute Gasteiger partial charge is 0.432 e. The molecule has 0 saturated heterocycles. The van der Waals surface area contributed by atoms with Crippen LogP contribution in [-0.2, 0) is 19.6 Å². The summed E-state index contributed by atoms with van der Waals surface area (Å²) >= 11 is 0. The van der Waals surface area contributed by atoms with Crippen molar-refractivity contribution in [3.8, 4) is 0 Å². The number of hydrogen-bond acceptors (Lipinski definition) is 4. The van der Waals surface area contributed by atoms with Gasteiger partial charge >= 0.3 is 0 Å². The summed E-state index contributed by atoms with van der Waals surface area (Å²) in [7, 11) is 0. The van der Waals surface area contributed by atoms with Crippen LogP contribution in [-0.4, -0.2) is 11.0 Å². The van der Waals surface area contributed by atoms with Crippen LogP contribution >= 0.6 is 0 Å². The molecule has 0 atom stereocenters. The molecule has 0 amide bonds. The quantitative estimate of drug-likeness (QED) is 0.914. The fourth-order valence-corrected chi connectivity index (χ4v) is 2.30. The Morgan fingerprint density at radius 3 is 2.58 bits per heavy atom. The van der Waals surface area contributed by atoms with Crippen molar-refractivity contribution in [3.05, 3.63) is 47.3 Å². The number of anilines is 1. The number of benzene rings is 1. The molecular formula is C15H19N3O. The zero-order chi connectivity index (χ0) is 13.2. The lowest BCUT2D eigenvalue weighted by Gasteiger charge is -2.11. The highest BCUT2D eigenvalue weighted by atomic mass is 16.4. The Hall–Kier alpha value is -1.81. The third-order valence-electron chi connectivity index (χ3n) is 3.34. The molecule has 4 nitrogen and oxygen atoms in total. The Balaban J connectivity index is 1.68. The SMILES string of the molecule is CC(C)NCc1coc(N2Cc3ccccc3C2)n1. The maximum absolute atomic E-state index is 5.59. The van der Waals surface area contributed by atoms with Crippen LogP contribution in [0.4, 0.5) is 6.01 Å². The molecule has 1 aromatic carbocycles. The molecule has 2 aromatic rings. The van der Waals surface area contributed by atoms with Gasteiger partial charge in [0, 0.05) is 25.7 Å². The normalized spacial score (nSPS) is 14.2. The second-order valence-electron chi connectivity index (χ2n) is 5.28. The molecule has 1 aliphatic heterocycles. The summed E-state index contributed by atoms with van der Waals surface area (Å²) in [5, 5.41) is 3.34. The van der Waals surface area contributed by atoms with Crippen molar-refractivity contribution in [3.63, 3.8) is 0 Å². The van der Waals surface area contributed by atoms with Gasteiger partial charge in [0.25, 0.3) is 6.01 Å². The van der Waals surface area contributed by atoms with E-state index in [-0.39, 0.29) is 0 Å². The molecule has 1 N–H and O–H groups in total. The molecule has 19 heavy (non-hydrogen) atoms. The highest BCUT2D eigenvalue weighted by Crippen LogP contribution is 2.27. The Labute approximate surface area is 113 Å². The van der Waals surface area contributed by atoms with Crippen LogP contribution < -0.4 is 10.2 Å². The van der Waals surface area contributed by atoms with E-state index >= 15 is 0 Å². The van der Waals surface area contributed by atoms with E-state index < -0.39 is 0 Å². The van der Waals surface area contributed by atoms with E-state index in [1.807, 2.05) is 0 Å². The first-order valence-electron chi connectivity index (χ1n) is 6.72. The summed E-state index contributed by atoms with van der Waals surface area (Å²) in [4.78, 5) is 6.71. The number of oxazole rings is 1. The predicted molar refractivity (Wildman–Crippen MR) is 74.8 cm³/mol. The first kappa shape index (κ1) is 12.2. The van der Waals surface area contributed by atoms with Gasteiger partial charge in [-0.05, 0) is 11.1 Å². The first-order chi connectivity index (χ1) is 9.22. The zero-order valence-electron chi connectivity index (χ0n) is 11.4. The van der Waals surface area contributed by atoms with Crippen LogP contribution in [0.5, 0.6) is 0 Å². The lowest BCUT2D eigenvalue weighted by molar-refractivity contribution is 0.534. The van der Waals surface area contributed by atoms with Gasteiger partial charge in [-0.3, -0.25) is 0 Å². The number of nitrogens with one attached hydrogen (secondary N) is 1. The van der Waals surface area contributed by atoms with Crippen molar-refractivity contribution in [2.45, 2.75) is 39.5 Å². The van der Waals surface area contributed by atoms with E-state index in [4.69, 9.17) is 4.42 Å². The van der Waals surface area contributed by atoms with E-state index in [0.717, 1.165) is 31.3 Å². The van der Waals surface area contributed by atoms with E-state index in [1.54, 1.807) is 6.26 Å². The van der Waals surface area contributed by atoms with Crippen LogP contribution in [0.15, 0.2) is 34.9 Å². The number of hydrogen-bond donors (Lipinski definition) is 1. The number of fused-ring (bicyclic) bond motifs is 1. The molecule has 0 spiro atoms. The van der Waals surface area contributed by atoms with Gasteiger partial charge < -0.3 is 14.6 Å². The molecule has 0 radical (unpaired) electrons. The predicted octanol–water partition coefficient (Wildman–Crippen LogP) is 2.69. The van der Waals surface area contributed by atoms with E-state index in [1.165, 1.54) is 11.1 Å². The van der Waals surface area contributed by atoms with Crippen molar-refractivity contribution < 1.29 is 4.42 Å². The van der Waals surface area contributed by atoms with Crippen LogP contribution in [0.1, 0.15) is 30.7 Å². The standard InChI is InChI=1S/C15H19N3O/c1-11(2)16-7-14-10-19-15(17-14)18-8-12-5-3-4-6-13(12)9-18/h3-6,10-11,16H,7-9H2,1-2H3. The van der Waals surface area contributed by atoms with Crippen molar-refractivity contribution in [2.24, 2.45) is 0 Å². The summed E-state index contributed by atoms with van der Waals surface area (Å²) in [6, 6.07) is 9.66. The van der Waals surface area contributed by atoms with Gasteiger partial charge in [-0.25, -0.2) is 0 Å². The molecule has 100 valence electrons. The number of aromatic nitrogens is 1. The average Bonchev–Trinajstić information content (AvgIpc) is 3.02. The average molecular weight is 257 g/mol. The summed E-state index contributed by atoms with van der Waals surface area (Å²) in [5.41, 5.74) is 3.68. The fraction of sp³-hybridized carbons (Fsp3) is 0.400. The van der Waals surface area contributed by atoms with Crippen LogP contribution in [0, 0.1) is 0 Å². The first-order valence-corrected chi connectivity index (χ1v) is 6.72. The topological polar surface area (TPSA) is 41.3 Å². The fourth-order valence-electron chi connectivity index (χ4n) is 2.30. The van der Waals surface area contributed by atoms with Gasteiger partial charge in [-0.1, -0.05) is 38.1 Å². The third-order valence-corrected chi connectivity index (χ3v) is 3.34. The van der Waals surface area contributed by atoms with Crippen LogP contribution in [0.2, 0.25) is 0 Å². The molecule has 0 bridgehead atoms. The molecule has 1 aromatic heterocycles. The highest BCUT2D eigenvalue weighted by molar-refractivity contribution is 5.42. The number of rotatable bonds is 4. The molecule has 1 aliphatic rings. The Morgan fingerprint density at radius 1 is 1.26 bits per heavy atom. The van der Waals surface area contributed by atoms with Crippen molar-refractivity contribution >= 4 is 6.01 Å². The molecule has 0 saturated carbocycles. The highest BCUT2D eigenvalue weighted by Gasteiger charge is 2.22. The summed E-state index contributed by atoms with van der Waals surface area (Å²) < 4.78 is 5.59. The van der Waals surface area contributed by atoms with Gasteiger partial charge in [0.05, 0.1) is 5.69 Å². The second kappa shape index (κ2) is 5.05. The molecule has 0 fully saturated rings. The Morgan fingerprint density at radius 2 is 1.95 bits per heavy atom. The minimum Gasteiger partial charge on any atom is -0.432 e. The smallest absolute Gasteiger partial charge is 0.298 e. The Bertz CT molecular complexity index is 537. The van der Waals surface area contributed by atoms with Gasteiger partial charge in [-0.2, -0.15) is 4.98 Å². The van der Waals surface area contributed by atoms with Gasteiger partial charge in [-0.15, -0.1) is 0 Å². The molecule has 0 unspecified atom stereocenters. The van der Waals surface area contributed by atoms with E-state index in [9.17, 15) is 0 Å². The van der Waals surface area contributed by atoms with Crippen LogP contribution in [0.3, 0.4) is 0 Å². The molecule has 3 rings (SSSR count). The van der Waals surface area contributed by atoms with E-state index in [2.05, 4.69) is 53.3 Å². The molecular weight excluding hydrogens is 238 g/mol. The van der Waals surface area contributed by atoms with Gasteiger partial charge in [0.15, 0.2) is 0 Å². The Kier molecular flexibility index (Phi) is 3.25. The maximum atomic E-state index is 5.59. The number of nitrogens with zero attached hydrogens (tertiary/aromatic N) is 2. The minimum atomic E-state index is 0.455. The maximum Gasteiger partial charge on any atom is 0.298 e. The lowest BCUT2D eigenvalue weighted by atomic mass is 10.1. The monoisotopic (exact) mass is 257 g/mol. The summed E-state index contributed by atoms with van der Waals surface area (Å²) in [6.07, 6.45) is 1.74. The molecule has 2 heterocycles. The molecule has 0 aliphatic carbocycles.